The van der Waals surface area contributed by atoms with Crippen molar-refractivity contribution < 1.29 is 9.53 Å². The Morgan fingerprint density at radius 1 is 1.22 bits per heavy atom. The second-order valence-electron chi connectivity index (χ2n) is 4.52. The highest BCUT2D eigenvalue weighted by atomic mass is 35.5. The lowest BCUT2D eigenvalue weighted by Crippen LogP contribution is -2.33. The number of hydrazine groups is 1. The number of para-hydroxylation sites is 1. The minimum absolute atomic E-state index is 0.196. The number of rotatable bonds is 5. The number of benzene rings is 2. The molecule has 5 nitrogen and oxygen atoms in total. The van der Waals surface area contributed by atoms with Crippen molar-refractivity contribution in [3.05, 3.63) is 52.5 Å². The molecular weight excluding hydrogens is 357 g/mol. The lowest BCUT2D eigenvalue weighted by Gasteiger charge is -2.09. The quantitative estimate of drug-likeness (QED) is 0.665. The van der Waals surface area contributed by atoms with E-state index in [-0.39, 0.29) is 12.5 Å². The molecule has 8 heteroatoms. The molecule has 0 aliphatic carbocycles. The summed E-state index contributed by atoms with van der Waals surface area (Å²) in [7, 11) is 0. The number of amides is 1. The first-order valence-corrected chi connectivity index (χ1v) is 8.17. The Bertz CT molecular complexity index is 821. The zero-order valence-corrected chi connectivity index (χ0v) is 14.0. The third kappa shape index (κ3) is 4.04. The summed E-state index contributed by atoms with van der Waals surface area (Å²) >= 11 is 13.3. The molecule has 23 heavy (non-hydrogen) atoms. The summed E-state index contributed by atoms with van der Waals surface area (Å²) in [5.74, 6) is -0.00500. The van der Waals surface area contributed by atoms with Gasteiger partial charge >= 0.3 is 0 Å². The first kappa shape index (κ1) is 15.9. The highest BCUT2D eigenvalue weighted by molar-refractivity contribution is 7.22. The molecule has 1 heterocycles. The monoisotopic (exact) mass is 367 g/mol. The van der Waals surface area contributed by atoms with Crippen molar-refractivity contribution in [3.8, 4) is 5.75 Å². The Hall–Kier alpha value is -2.02. The van der Waals surface area contributed by atoms with E-state index < -0.39 is 0 Å². The summed E-state index contributed by atoms with van der Waals surface area (Å²) in [6.07, 6.45) is 0. The SMILES string of the molecule is O=C(COc1cc(Cl)ccc1Cl)NNc1nc2ccccc2s1. The largest absolute Gasteiger partial charge is 0.482 e. The molecule has 0 saturated carbocycles. The van der Waals surface area contributed by atoms with Crippen molar-refractivity contribution in [2.75, 3.05) is 12.0 Å². The predicted molar refractivity (Wildman–Crippen MR) is 93.3 cm³/mol. The highest BCUT2D eigenvalue weighted by Crippen LogP contribution is 2.27. The average Bonchev–Trinajstić information content (AvgIpc) is 2.96. The van der Waals surface area contributed by atoms with E-state index in [1.54, 1.807) is 18.2 Å². The van der Waals surface area contributed by atoms with E-state index in [1.165, 1.54) is 11.3 Å². The maximum Gasteiger partial charge on any atom is 0.276 e. The standard InChI is InChI=1S/C15H11Cl2N3O2S/c16-9-5-6-10(17)12(7-9)22-8-14(21)19-20-15-18-11-3-1-2-4-13(11)23-15/h1-7H,8H2,(H,18,20)(H,19,21). The average molecular weight is 368 g/mol. The smallest absolute Gasteiger partial charge is 0.276 e. The maximum atomic E-state index is 11.8. The van der Waals surface area contributed by atoms with Crippen LogP contribution >= 0.6 is 34.5 Å². The number of nitrogens with zero attached hydrogens (tertiary/aromatic N) is 1. The summed E-state index contributed by atoms with van der Waals surface area (Å²) in [6, 6.07) is 12.5. The number of fused-ring (bicyclic) bond motifs is 1. The van der Waals surface area contributed by atoms with Crippen LogP contribution in [0.5, 0.6) is 5.75 Å². The minimum Gasteiger partial charge on any atom is -0.482 e. The van der Waals surface area contributed by atoms with Gasteiger partial charge in [0.1, 0.15) is 5.75 Å². The number of carbonyl (C=O) groups excluding carboxylic acids is 1. The van der Waals surface area contributed by atoms with Gasteiger partial charge in [-0.3, -0.25) is 15.6 Å². The van der Waals surface area contributed by atoms with Gasteiger partial charge in [-0.2, -0.15) is 0 Å². The van der Waals surface area contributed by atoms with Gasteiger partial charge in [-0.25, -0.2) is 4.98 Å². The van der Waals surface area contributed by atoms with Crippen molar-refractivity contribution in [1.82, 2.24) is 10.4 Å². The molecular formula is C15H11Cl2N3O2S. The van der Waals surface area contributed by atoms with Crippen molar-refractivity contribution >= 4 is 55.8 Å². The Balaban J connectivity index is 1.54. The van der Waals surface area contributed by atoms with E-state index in [0.717, 1.165) is 10.2 Å². The van der Waals surface area contributed by atoms with Crippen LogP contribution in [0.15, 0.2) is 42.5 Å². The Morgan fingerprint density at radius 3 is 2.87 bits per heavy atom. The van der Waals surface area contributed by atoms with Crippen molar-refractivity contribution in [2.45, 2.75) is 0 Å². The number of nitrogens with one attached hydrogen (secondary N) is 2. The maximum absolute atomic E-state index is 11.8. The van der Waals surface area contributed by atoms with Crippen LogP contribution in [0.2, 0.25) is 10.0 Å². The molecule has 2 N–H and O–H groups in total. The molecule has 0 aliphatic heterocycles. The van der Waals surface area contributed by atoms with E-state index in [2.05, 4.69) is 15.8 Å². The second kappa shape index (κ2) is 7.04. The van der Waals surface area contributed by atoms with Gasteiger partial charge in [0.2, 0.25) is 5.13 Å². The summed E-state index contributed by atoms with van der Waals surface area (Å²) < 4.78 is 6.37. The number of halogens is 2. The fourth-order valence-electron chi connectivity index (χ4n) is 1.82. The Labute approximate surface area is 146 Å². The van der Waals surface area contributed by atoms with Gasteiger partial charge in [-0.15, -0.1) is 0 Å². The first-order chi connectivity index (χ1) is 11.1. The molecule has 3 aromatic rings. The van der Waals surface area contributed by atoms with Crippen LogP contribution in [-0.4, -0.2) is 17.5 Å². The van der Waals surface area contributed by atoms with Gasteiger partial charge in [-0.05, 0) is 24.3 Å². The molecule has 3 rings (SSSR count). The second-order valence-corrected chi connectivity index (χ2v) is 6.40. The number of hydrogen-bond donors (Lipinski definition) is 2. The van der Waals surface area contributed by atoms with Crippen LogP contribution in [0.1, 0.15) is 0 Å². The lowest BCUT2D eigenvalue weighted by molar-refractivity contribution is -0.122. The van der Waals surface area contributed by atoms with Crippen LogP contribution < -0.4 is 15.6 Å². The number of thiazole rings is 1. The Morgan fingerprint density at radius 2 is 2.04 bits per heavy atom. The third-order valence-electron chi connectivity index (χ3n) is 2.85. The molecule has 0 aliphatic rings. The third-order valence-corrected chi connectivity index (χ3v) is 4.35. The molecule has 0 bridgehead atoms. The lowest BCUT2D eigenvalue weighted by atomic mass is 10.3. The van der Waals surface area contributed by atoms with E-state index >= 15 is 0 Å². The van der Waals surface area contributed by atoms with Gasteiger partial charge < -0.3 is 4.74 Å². The first-order valence-electron chi connectivity index (χ1n) is 6.60. The fourth-order valence-corrected chi connectivity index (χ4v) is 2.97. The molecule has 2 aromatic carbocycles. The molecule has 0 fully saturated rings. The normalized spacial score (nSPS) is 10.5. The number of carbonyl (C=O) groups is 1. The molecule has 0 atom stereocenters. The van der Waals surface area contributed by atoms with Gasteiger partial charge in [0.25, 0.3) is 5.91 Å². The zero-order valence-electron chi connectivity index (χ0n) is 11.7. The molecule has 0 spiro atoms. The summed E-state index contributed by atoms with van der Waals surface area (Å²) in [5.41, 5.74) is 6.16. The van der Waals surface area contributed by atoms with E-state index in [1.807, 2.05) is 24.3 Å². The number of hydrogen-bond acceptors (Lipinski definition) is 5. The van der Waals surface area contributed by atoms with Gasteiger partial charge in [0, 0.05) is 11.1 Å². The number of aromatic nitrogens is 1. The van der Waals surface area contributed by atoms with E-state index in [4.69, 9.17) is 27.9 Å². The summed E-state index contributed by atoms with van der Waals surface area (Å²) in [4.78, 5) is 16.1. The van der Waals surface area contributed by atoms with E-state index in [0.29, 0.717) is 20.9 Å². The predicted octanol–water partition coefficient (Wildman–Crippen LogP) is 4.13. The molecule has 1 amide bonds. The van der Waals surface area contributed by atoms with Crippen LogP contribution in [0.3, 0.4) is 0 Å². The molecule has 0 saturated heterocycles. The fraction of sp³-hybridized carbons (Fsp3) is 0.0667. The van der Waals surface area contributed by atoms with Crippen molar-refractivity contribution in [3.63, 3.8) is 0 Å². The molecule has 1 aromatic heterocycles. The topological polar surface area (TPSA) is 63.2 Å². The van der Waals surface area contributed by atoms with Gasteiger partial charge in [0.15, 0.2) is 6.61 Å². The van der Waals surface area contributed by atoms with Crippen LogP contribution in [0, 0.1) is 0 Å². The minimum atomic E-state index is -0.361. The van der Waals surface area contributed by atoms with Gasteiger partial charge in [-0.1, -0.05) is 46.7 Å². The number of anilines is 1. The van der Waals surface area contributed by atoms with E-state index in [9.17, 15) is 4.79 Å². The zero-order chi connectivity index (χ0) is 16.2. The molecule has 118 valence electrons. The van der Waals surface area contributed by atoms with Gasteiger partial charge in [0.05, 0.1) is 15.2 Å². The van der Waals surface area contributed by atoms with Crippen LogP contribution in [-0.2, 0) is 4.79 Å². The van der Waals surface area contributed by atoms with Crippen molar-refractivity contribution in [1.29, 1.82) is 0 Å². The highest BCUT2D eigenvalue weighted by Gasteiger charge is 2.08. The summed E-state index contributed by atoms with van der Waals surface area (Å²) in [6.45, 7) is -0.196. The van der Waals surface area contributed by atoms with Crippen molar-refractivity contribution in [2.24, 2.45) is 0 Å². The van der Waals surface area contributed by atoms with Crippen LogP contribution in [0.25, 0.3) is 10.2 Å². The van der Waals surface area contributed by atoms with Crippen LogP contribution in [0.4, 0.5) is 5.13 Å². The molecule has 0 unspecified atom stereocenters. The summed E-state index contributed by atoms with van der Waals surface area (Å²) in [5, 5.41) is 1.47. The number of ether oxygens (including phenoxy) is 1. The molecule has 0 radical (unpaired) electrons. The Kier molecular flexibility index (Phi) is 4.85.